The number of hydrogen-bond donors (Lipinski definition) is 1. The maximum atomic E-state index is 12.4. The molecule has 1 N–H and O–H groups in total. The highest BCUT2D eigenvalue weighted by Gasteiger charge is 2.19. The number of rotatable bonds is 3. The number of benzene rings is 2. The minimum atomic E-state index is 0.00892. The van der Waals surface area contributed by atoms with Crippen molar-refractivity contribution in [1.29, 1.82) is 0 Å². The van der Waals surface area contributed by atoms with Crippen LogP contribution >= 0.6 is 31.9 Å². The molecule has 2 aromatic rings. The first-order valence-corrected chi connectivity index (χ1v) is 9.16. The summed E-state index contributed by atoms with van der Waals surface area (Å²) in [7, 11) is 0. The van der Waals surface area contributed by atoms with Crippen molar-refractivity contribution in [3.05, 3.63) is 62.0 Å². The zero-order valence-corrected chi connectivity index (χ0v) is 16.1. The highest BCUT2D eigenvalue weighted by molar-refractivity contribution is 9.11. The van der Waals surface area contributed by atoms with Gasteiger partial charge in [0.25, 0.3) is 0 Å². The number of hydrogen-bond acceptors (Lipinski definition) is 2. The Morgan fingerprint density at radius 3 is 2.52 bits per heavy atom. The lowest BCUT2D eigenvalue weighted by Crippen LogP contribution is -2.37. The van der Waals surface area contributed by atoms with Crippen LogP contribution in [0.2, 0.25) is 0 Å². The number of halogens is 2. The van der Waals surface area contributed by atoms with Crippen LogP contribution in [0.5, 0.6) is 0 Å². The summed E-state index contributed by atoms with van der Waals surface area (Å²) < 4.78 is 1.78. The van der Waals surface area contributed by atoms with Gasteiger partial charge in [-0.05, 0) is 74.0 Å². The predicted octanol–water partition coefficient (Wildman–Crippen LogP) is 4.52. The van der Waals surface area contributed by atoms with Crippen LogP contribution in [0.4, 0.5) is 5.69 Å². The van der Waals surface area contributed by atoms with Crippen molar-refractivity contribution < 1.29 is 4.79 Å². The molecule has 1 amide bonds. The largest absolute Gasteiger partial charge is 0.323 e. The summed E-state index contributed by atoms with van der Waals surface area (Å²) in [5.41, 5.74) is 4.64. The normalized spacial score (nSPS) is 14.4. The first-order chi connectivity index (χ1) is 11.0. The molecule has 0 atom stereocenters. The quantitative estimate of drug-likeness (QED) is 0.765. The number of carbonyl (C=O) groups is 1. The fraction of sp³-hybridized carbons (Fsp3) is 0.278. The monoisotopic (exact) mass is 436 g/mol. The van der Waals surface area contributed by atoms with Crippen LogP contribution < -0.4 is 5.32 Å². The van der Waals surface area contributed by atoms with E-state index in [1.807, 2.05) is 19.1 Å². The SMILES string of the molecule is Cc1cc(Br)c(NC(=O)CN2CCc3ccccc3C2)c(Br)c1. The Hall–Kier alpha value is -1.17. The highest BCUT2D eigenvalue weighted by atomic mass is 79.9. The molecule has 23 heavy (non-hydrogen) atoms. The van der Waals surface area contributed by atoms with Gasteiger partial charge >= 0.3 is 0 Å². The van der Waals surface area contributed by atoms with Gasteiger partial charge < -0.3 is 5.32 Å². The number of nitrogens with zero attached hydrogens (tertiary/aromatic N) is 1. The fourth-order valence-electron chi connectivity index (χ4n) is 2.89. The molecule has 120 valence electrons. The second-order valence-electron chi connectivity index (χ2n) is 5.88. The molecule has 3 nitrogen and oxygen atoms in total. The lowest BCUT2D eigenvalue weighted by molar-refractivity contribution is -0.117. The van der Waals surface area contributed by atoms with Crippen molar-refractivity contribution in [2.45, 2.75) is 19.9 Å². The van der Waals surface area contributed by atoms with E-state index < -0.39 is 0 Å². The minimum absolute atomic E-state index is 0.00892. The Morgan fingerprint density at radius 1 is 1.17 bits per heavy atom. The lowest BCUT2D eigenvalue weighted by atomic mass is 10.00. The van der Waals surface area contributed by atoms with Crippen LogP contribution in [0.25, 0.3) is 0 Å². The maximum Gasteiger partial charge on any atom is 0.238 e. The Labute approximate surface area is 153 Å². The topological polar surface area (TPSA) is 32.3 Å². The number of amides is 1. The van der Waals surface area contributed by atoms with E-state index in [1.54, 1.807) is 0 Å². The fourth-order valence-corrected chi connectivity index (χ4v) is 4.50. The van der Waals surface area contributed by atoms with Crippen LogP contribution in [0.3, 0.4) is 0 Å². The van der Waals surface area contributed by atoms with Crippen molar-refractivity contribution in [3.8, 4) is 0 Å². The molecule has 0 radical (unpaired) electrons. The van der Waals surface area contributed by atoms with E-state index in [1.165, 1.54) is 11.1 Å². The molecule has 0 saturated heterocycles. The molecule has 0 aliphatic carbocycles. The van der Waals surface area contributed by atoms with Gasteiger partial charge in [0.1, 0.15) is 0 Å². The lowest BCUT2D eigenvalue weighted by Gasteiger charge is -2.28. The number of aryl methyl sites for hydroxylation is 1. The van der Waals surface area contributed by atoms with Crippen LogP contribution in [0, 0.1) is 6.92 Å². The Balaban J connectivity index is 1.65. The number of carbonyl (C=O) groups excluding carboxylic acids is 1. The minimum Gasteiger partial charge on any atom is -0.323 e. The molecule has 0 saturated carbocycles. The molecule has 1 aliphatic rings. The van der Waals surface area contributed by atoms with Crippen LogP contribution in [-0.4, -0.2) is 23.9 Å². The van der Waals surface area contributed by atoms with Crippen LogP contribution in [0.1, 0.15) is 16.7 Å². The third-order valence-electron chi connectivity index (χ3n) is 4.03. The van der Waals surface area contributed by atoms with E-state index in [0.29, 0.717) is 6.54 Å². The van der Waals surface area contributed by atoms with Gasteiger partial charge in [-0.25, -0.2) is 0 Å². The molecular weight excluding hydrogens is 420 g/mol. The average Bonchev–Trinajstić information content (AvgIpc) is 2.51. The van der Waals surface area contributed by atoms with Gasteiger partial charge in [-0.3, -0.25) is 9.69 Å². The molecule has 5 heteroatoms. The van der Waals surface area contributed by atoms with Gasteiger partial charge in [0, 0.05) is 22.0 Å². The summed E-state index contributed by atoms with van der Waals surface area (Å²) in [5.74, 6) is 0.00892. The maximum absolute atomic E-state index is 12.4. The van der Waals surface area contributed by atoms with E-state index in [0.717, 1.165) is 39.7 Å². The van der Waals surface area contributed by atoms with Gasteiger partial charge in [-0.1, -0.05) is 24.3 Å². The van der Waals surface area contributed by atoms with Gasteiger partial charge in [0.05, 0.1) is 12.2 Å². The van der Waals surface area contributed by atoms with E-state index in [2.05, 4.69) is 66.3 Å². The standard InChI is InChI=1S/C18H18Br2N2O/c1-12-8-15(19)18(16(20)9-12)21-17(23)11-22-7-6-13-4-2-3-5-14(13)10-22/h2-5,8-9H,6-7,10-11H2,1H3,(H,21,23). The van der Waals surface area contributed by atoms with Crippen LogP contribution in [0.15, 0.2) is 45.3 Å². The van der Waals surface area contributed by atoms with Crippen LogP contribution in [-0.2, 0) is 17.8 Å². The molecule has 0 fully saturated rings. The van der Waals surface area contributed by atoms with Crippen molar-refractivity contribution in [3.63, 3.8) is 0 Å². The van der Waals surface area contributed by atoms with Crippen molar-refractivity contribution in [1.82, 2.24) is 4.90 Å². The van der Waals surface area contributed by atoms with Crippen molar-refractivity contribution in [2.75, 3.05) is 18.4 Å². The first-order valence-electron chi connectivity index (χ1n) is 7.57. The first kappa shape index (κ1) is 16.7. The Kier molecular flexibility index (Phi) is 5.19. The van der Waals surface area contributed by atoms with E-state index in [-0.39, 0.29) is 5.91 Å². The summed E-state index contributed by atoms with van der Waals surface area (Å²) in [4.78, 5) is 14.6. The summed E-state index contributed by atoms with van der Waals surface area (Å²) in [6, 6.07) is 12.4. The van der Waals surface area contributed by atoms with Crippen molar-refractivity contribution >= 4 is 43.5 Å². The zero-order valence-electron chi connectivity index (χ0n) is 12.9. The van der Waals surface area contributed by atoms with Crippen molar-refractivity contribution in [2.24, 2.45) is 0 Å². The van der Waals surface area contributed by atoms with Gasteiger partial charge in [-0.15, -0.1) is 0 Å². The van der Waals surface area contributed by atoms with Gasteiger partial charge in [0.15, 0.2) is 0 Å². The second-order valence-corrected chi connectivity index (χ2v) is 7.59. The highest BCUT2D eigenvalue weighted by Crippen LogP contribution is 2.32. The number of fused-ring (bicyclic) bond motifs is 1. The van der Waals surface area contributed by atoms with E-state index in [4.69, 9.17) is 0 Å². The summed E-state index contributed by atoms with van der Waals surface area (Å²) in [6.07, 6.45) is 1.00. The molecule has 0 unspecified atom stereocenters. The molecule has 0 spiro atoms. The summed E-state index contributed by atoms with van der Waals surface area (Å²) in [5, 5.41) is 3.00. The molecule has 0 bridgehead atoms. The van der Waals surface area contributed by atoms with E-state index >= 15 is 0 Å². The Morgan fingerprint density at radius 2 is 1.83 bits per heavy atom. The third kappa shape index (κ3) is 4.03. The number of anilines is 1. The van der Waals surface area contributed by atoms with Gasteiger partial charge in [0.2, 0.25) is 5.91 Å². The Bertz CT molecular complexity index is 723. The second kappa shape index (κ2) is 7.16. The molecular formula is C18H18Br2N2O. The summed E-state index contributed by atoms with van der Waals surface area (Å²) >= 11 is 7.03. The smallest absolute Gasteiger partial charge is 0.238 e. The molecule has 1 aliphatic heterocycles. The predicted molar refractivity (Wildman–Crippen MR) is 101 cm³/mol. The summed E-state index contributed by atoms with van der Waals surface area (Å²) in [6.45, 7) is 4.17. The zero-order chi connectivity index (χ0) is 16.4. The third-order valence-corrected chi connectivity index (χ3v) is 5.28. The average molecular weight is 438 g/mol. The number of nitrogens with one attached hydrogen (secondary N) is 1. The molecule has 0 aromatic heterocycles. The molecule has 2 aromatic carbocycles. The van der Waals surface area contributed by atoms with Gasteiger partial charge in [-0.2, -0.15) is 0 Å². The molecule has 1 heterocycles. The van der Waals surface area contributed by atoms with E-state index in [9.17, 15) is 4.79 Å². The molecule has 3 rings (SSSR count).